The molecule has 0 saturated heterocycles. The van der Waals surface area contributed by atoms with Crippen LogP contribution in [0.25, 0.3) is 10.6 Å². The van der Waals surface area contributed by atoms with Gasteiger partial charge in [0, 0.05) is 30.3 Å². The number of nitrogens with zero attached hydrogens (tertiary/aromatic N) is 3. The number of hydrogen-bond acceptors (Lipinski definition) is 7. The maximum absolute atomic E-state index is 12.8. The van der Waals surface area contributed by atoms with Crippen LogP contribution in [-0.4, -0.2) is 34.8 Å². The largest absolute Gasteiger partial charge is 0.383 e. The van der Waals surface area contributed by atoms with Gasteiger partial charge in [-0.3, -0.25) is 14.3 Å². The molecule has 2 aromatic heterocycles. The van der Waals surface area contributed by atoms with Gasteiger partial charge in [0.05, 0.1) is 19.7 Å². The molecule has 2 heterocycles. The first-order valence-electron chi connectivity index (χ1n) is 10.5. The van der Waals surface area contributed by atoms with E-state index in [1.54, 1.807) is 24.6 Å². The van der Waals surface area contributed by atoms with Crippen LogP contribution in [0.15, 0.2) is 76.4 Å². The standard InChI is InChI=1S/C24H25N5O3S/c1-32-13-12-28(16-19-14-26-23(33-19)18-10-6-3-7-11-18)20-21(25)29(24(31)27-22(20)30)15-17-8-4-2-5-9-17/h2-11,14H,12-13,15-16,25H2,1H3,(H,27,30,31). The second-order valence-electron chi connectivity index (χ2n) is 7.48. The number of H-pyrrole nitrogens is 1. The van der Waals surface area contributed by atoms with Crippen molar-refractivity contribution in [3.8, 4) is 10.6 Å². The van der Waals surface area contributed by atoms with Crippen LogP contribution in [0.2, 0.25) is 0 Å². The topological polar surface area (TPSA) is 106 Å². The molecule has 0 bridgehead atoms. The van der Waals surface area contributed by atoms with E-state index in [4.69, 9.17) is 10.5 Å². The fourth-order valence-corrected chi connectivity index (χ4v) is 4.49. The molecule has 0 fully saturated rings. The van der Waals surface area contributed by atoms with Crippen LogP contribution >= 0.6 is 11.3 Å². The number of hydrogen-bond donors (Lipinski definition) is 2. The molecule has 4 aromatic rings. The number of anilines is 2. The van der Waals surface area contributed by atoms with E-state index >= 15 is 0 Å². The van der Waals surface area contributed by atoms with E-state index in [1.165, 1.54) is 4.57 Å². The quantitative estimate of drug-likeness (QED) is 0.395. The molecular formula is C24H25N5O3S. The molecule has 33 heavy (non-hydrogen) atoms. The van der Waals surface area contributed by atoms with Crippen LogP contribution in [0, 0.1) is 0 Å². The maximum Gasteiger partial charge on any atom is 0.330 e. The predicted molar refractivity (Wildman–Crippen MR) is 132 cm³/mol. The number of nitrogens with two attached hydrogens (primary N) is 1. The molecule has 0 aliphatic rings. The third kappa shape index (κ3) is 5.21. The molecule has 0 spiro atoms. The summed E-state index contributed by atoms with van der Waals surface area (Å²) in [6.07, 6.45) is 1.80. The Kier molecular flexibility index (Phi) is 7.01. The molecule has 9 heteroatoms. The number of ether oxygens (including phenoxy) is 1. The van der Waals surface area contributed by atoms with Crippen molar-refractivity contribution >= 4 is 22.8 Å². The van der Waals surface area contributed by atoms with Gasteiger partial charge in [-0.05, 0) is 5.56 Å². The molecule has 170 valence electrons. The van der Waals surface area contributed by atoms with Gasteiger partial charge in [-0.1, -0.05) is 60.7 Å². The predicted octanol–water partition coefficient (Wildman–Crippen LogP) is 2.94. The first-order valence-corrected chi connectivity index (χ1v) is 11.3. The summed E-state index contributed by atoms with van der Waals surface area (Å²) < 4.78 is 6.64. The highest BCUT2D eigenvalue weighted by Crippen LogP contribution is 2.27. The number of nitrogens with one attached hydrogen (secondary N) is 1. The average molecular weight is 464 g/mol. The summed E-state index contributed by atoms with van der Waals surface area (Å²) in [5.74, 6) is 0.122. The van der Waals surface area contributed by atoms with Crippen LogP contribution < -0.4 is 21.9 Å². The first-order chi connectivity index (χ1) is 16.1. The number of rotatable bonds is 9. The molecule has 8 nitrogen and oxygen atoms in total. The van der Waals surface area contributed by atoms with Crippen molar-refractivity contribution in [1.29, 1.82) is 0 Å². The summed E-state index contributed by atoms with van der Waals surface area (Å²) in [6, 6.07) is 19.4. The number of aromatic nitrogens is 3. The lowest BCUT2D eigenvalue weighted by Gasteiger charge is -2.25. The Balaban J connectivity index is 1.68. The molecule has 0 saturated carbocycles. The number of nitrogen functional groups attached to an aromatic ring is 1. The van der Waals surface area contributed by atoms with Gasteiger partial charge in [-0.15, -0.1) is 11.3 Å². The van der Waals surface area contributed by atoms with Crippen LogP contribution in [-0.2, 0) is 17.8 Å². The van der Waals surface area contributed by atoms with Crippen molar-refractivity contribution < 1.29 is 4.74 Å². The molecule has 0 atom stereocenters. The fraction of sp³-hybridized carbons (Fsp3) is 0.208. The number of benzene rings is 2. The Morgan fingerprint density at radius 2 is 1.79 bits per heavy atom. The SMILES string of the molecule is COCCN(Cc1cnc(-c2ccccc2)s1)c1c(N)n(Cc2ccccc2)c(=O)[nH]c1=O. The molecule has 0 aliphatic carbocycles. The van der Waals surface area contributed by atoms with Crippen molar-refractivity contribution in [3.63, 3.8) is 0 Å². The van der Waals surface area contributed by atoms with Crippen molar-refractivity contribution in [3.05, 3.63) is 98.1 Å². The van der Waals surface area contributed by atoms with E-state index in [0.717, 1.165) is 21.0 Å². The Morgan fingerprint density at radius 1 is 1.09 bits per heavy atom. The number of thiazole rings is 1. The highest BCUT2D eigenvalue weighted by Gasteiger charge is 2.20. The summed E-state index contributed by atoms with van der Waals surface area (Å²) in [5.41, 5.74) is 7.53. The average Bonchev–Trinajstić information content (AvgIpc) is 3.30. The van der Waals surface area contributed by atoms with Gasteiger partial charge in [0.15, 0.2) is 0 Å². The molecule has 4 rings (SSSR count). The minimum Gasteiger partial charge on any atom is -0.383 e. The third-order valence-electron chi connectivity index (χ3n) is 5.20. The lowest BCUT2D eigenvalue weighted by Crippen LogP contribution is -2.39. The smallest absolute Gasteiger partial charge is 0.330 e. The Morgan fingerprint density at radius 3 is 2.48 bits per heavy atom. The van der Waals surface area contributed by atoms with Crippen LogP contribution in [0.3, 0.4) is 0 Å². The van der Waals surface area contributed by atoms with Crippen LogP contribution in [0.1, 0.15) is 10.4 Å². The van der Waals surface area contributed by atoms with E-state index < -0.39 is 11.2 Å². The second kappa shape index (κ2) is 10.3. The van der Waals surface area contributed by atoms with Gasteiger partial charge in [0.1, 0.15) is 16.5 Å². The molecule has 0 amide bonds. The molecule has 3 N–H and O–H groups in total. The Bertz CT molecular complexity index is 1320. The lowest BCUT2D eigenvalue weighted by molar-refractivity contribution is 0.205. The maximum atomic E-state index is 12.8. The normalized spacial score (nSPS) is 10.9. The van der Waals surface area contributed by atoms with Gasteiger partial charge < -0.3 is 15.4 Å². The van der Waals surface area contributed by atoms with Crippen molar-refractivity contribution in [1.82, 2.24) is 14.5 Å². The highest BCUT2D eigenvalue weighted by molar-refractivity contribution is 7.15. The molecule has 0 aliphatic heterocycles. The Hall–Kier alpha value is -3.69. The summed E-state index contributed by atoms with van der Waals surface area (Å²) >= 11 is 1.55. The lowest BCUT2D eigenvalue weighted by atomic mass is 10.2. The van der Waals surface area contributed by atoms with E-state index in [1.807, 2.05) is 65.6 Å². The fourth-order valence-electron chi connectivity index (χ4n) is 3.56. The zero-order chi connectivity index (χ0) is 23.2. The minimum absolute atomic E-state index is 0.122. The van der Waals surface area contributed by atoms with Gasteiger partial charge in [-0.2, -0.15) is 0 Å². The second-order valence-corrected chi connectivity index (χ2v) is 8.59. The van der Waals surface area contributed by atoms with Crippen LogP contribution in [0.5, 0.6) is 0 Å². The zero-order valence-electron chi connectivity index (χ0n) is 18.2. The summed E-state index contributed by atoms with van der Waals surface area (Å²) in [4.78, 5) is 35.1. The minimum atomic E-state index is -0.541. The Labute approximate surface area is 194 Å². The van der Waals surface area contributed by atoms with E-state index in [0.29, 0.717) is 19.7 Å². The number of methoxy groups -OCH3 is 1. The van der Waals surface area contributed by atoms with Gasteiger partial charge in [0.2, 0.25) is 0 Å². The van der Waals surface area contributed by atoms with Crippen molar-refractivity contribution in [2.75, 3.05) is 30.9 Å². The van der Waals surface area contributed by atoms with Gasteiger partial charge >= 0.3 is 5.69 Å². The first kappa shape index (κ1) is 22.5. The third-order valence-corrected chi connectivity index (χ3v) is 6.23. The van der Waals surface area contributed by atoms with Crippen LogP contribution in [0.4, 0.5) is 11.5 Å². The molecule has 2 aromatic carbocycles. The van der Waals surface area contributed by atoms with Gasteiger partial charge in [-0.25, -0.2) is 9.78 Å². The van der Waals surface area contributed by atoms with E-state index in [-0.39, 0.29) is 18.1 Å². The molecule has 0 unspecified atom stereocenters. The van der Waals surface area contributed by atoms with Gasteiger partial charge in [0.25, 0.3) is 5.56 Å². The molecule has 0 radical (unpaired) electrons. The zero-order valence-corrected chi connectivity index (χ0v) is 19.0. The van der Waals surface area contributed by atoms with E-state index in [9.17, 15) is 9.59 Å². The molecular weight excluding hydrogens is 438 g/mol. The van der Waals surface area contributed by atoms with Crippen molar-refractivity contribution in [2.24, 2.45) is 0 Å². The van der Waals surface area contributed by atoms with Crippen molar-refractivity contribution in [2.45, 2.75) is 13.1 Å². The monoisotopic (exact) mass is 463 g/mol. The summed E-state index contributed by atoms with van der Waals surface area (Å²) in [6.45, 7) is 1.48. The summed E-state index contributed by atoms with van der Waals surface area (Å²) in [7, 11) is 1.60. The summed E-state index contributed by atoms with van der Waals surface area (Å²) in [5, 5.41) is 0.897. The highest BCUT2D eigenvalue weighted by atomic mass is 32.1. The van der Waals surface area contributed by atoms with E-state index in [2.05, 4.69) is 9.97 Å². The number of aromatic amines is 1.